The summed E-state index contributed by atoms with van der Waals surface area (Å²) in [4.78, 5) is 11.2. The van der Waals surface area contributed by atoms with Gasteiger partial charge in [0.05, 0.1) is 24.3 Å². The fraction of sp³-hybridized carbons (Fsp3) is 0.273. The van der Waals surface area contributed by atoms with E-state index >= 15 is 0 Å². The molecule has 0 aliphatic heterocycles. The van der Waals surface area contributed by atoms with Gasteiger partial charge >= 0.3 is 5.97 Å². The van der Waals surface area contributed by atoms with Crippen LogP contribution in [0.15, 0.2) is 12.1 Å². The standard InChI is InChI=1S/C11H11NO2/c1-7-4-9(11(13)14-3)5-10(6-12)8(7)2/h4-5H,1-3H3. The van der Waals surface area contributed by atoms with E-state index in [0.717, 1.165) is 11.1 Å². The smallest absolute Gasteiger partial charge is 0.337 e. The van der Waals surface area contributed by atoms with Gasteiger partial charge < -0.3 is 4.74 Å². The molecule has 0 saturated heterocycles. The highest BCUT2D eigenvalue weighted by molar-refractivity contribution is 5.90. The molecule has 0 aliphatic carbocycles. The Morgan fingerprint density at radius 1 is 1.43 bits per heavy atom. The zero-order valence-corrected chi connectivity index (χ0v) is 8.42. The van der Waals surface area contributed by atoms with E-state index in [0.29, 0.717) is 11.1 Å². The summed E-state index contributed by atoms with van der Waals surface area (Å²) in [5, 5.41) is 8.82. The second-order valence-corrected chi connectivity index (χ2v) is 3.07. The van der Waals surface area contributed by atoms with E-state index < -0.39 is 5.97 Å². The third-order valence-corrected chi connectivity index (χ3v) is 2.21. The number of rotatable bonds is 1. The van der Waals surface area contributed by atoms with E-state index in [1.165, 1.54) is 7.11 Å². The van der Waals surface area contributed by atoms with Gasteiger partial charge in [0.25, 0.3) is 0 Å². The SMILES string of the molecule is COC(=O)c1cc(C)c(C)c(C#N)c1. The number of methoxy groups -OCH3 is 1. The predicted octanol–water partition coefficient (Wildman–Crippen LogP) is 1.96. The Morgan fingerprint density at radius 2 is 2.07 bits per heavy atom. The lowest BCUT2D eigenvalue weighted by Gasteiger charge is -2.05. The maximum absolute atomic E-state index is 11.2. The van der Waals surface area contributed by atoms with Crippen molar-refractivity contribution in [3.05, 3.63) is 34.4 Å². The summed E-state index contributed by atoms with van der Waals surface area (Å²) in [6.07, 6.45) is 0. The average Bonchev–Trinajstić information content (AvgIpc) is 2.20. The number of ether oxygens (including phenoxy) is 1. The van der Waals surface area contributed by atoms with Gasteiger partial charge in [0, 0.05) is 0 Å². The monoisotopic (exact) mass is 189 g/mol. The minimum absolute atomic E-state index is 0.412. The van der Waals surface area contributed by atoms with Gasteiger partial charge in [0.2, 0.25) is 0 Å². The van der Waals surface area contributed by atoms with Crippen molar-refractivity contribution in [1.29, 1.82) is 5.26 Å². The van der Waals surface area contributed by atoms with Crippen LogP contribution in [0.3, 0.4) is 0 Å². The number of benzene rings is 1. The van der Waals surface area contributed by atoms with Crippen molar-refractivity contribution in [2.24, 2.45) is 0 Å². The van der Waals surface area contributed by atoms with Gasteiger partial charge in [-0.3, -0.25) is 0 Å². The molecule has 0 spiro atoms. The minimum atomic E-state index is -0.412. The first-order valence-corrected chi connectivity index (χ1v) is 4.19. The molecule has 0 bridgehead atoms. The van der Waals surface area contributed by atoms with Crippen molar-refractivity contribution < 1.29 is 9.53 Å². The molecule has 3 heteroatoms. The van der Waals surface area contributed by atoms with Crippen LogP contribution in [0.2, 0.25) is 0 Å². The van der Waals surface area contributed by atoms with E-state index in [1.807, 2.05) is 19.9 Å². The Kier molecular flexibility index (Phi) is 2.88. The number of nitrogens with zero attached hydrogens (tertiary/aromatic N) is 1. The summed E-state index contributed by atoms with van der Waals surface area (Å²) in [7, 11) is 1.32. The molecule has 0 heterocycles. The molecule has 0 atom stereocenters. The number of nitriles is 1. The molecule has 1 aromatic carbocycles. The van der Waals surface area contributed by atoms with Crippen LogP contribution >= 0.6 is 0 Å². The number of hydrogen-bond acceptors (Lipinski definition) is 3. The van der Waals surface area contributed by atoms with Gasteiger partial charge in [0.15, 0.2) is 0 Å². The van der Waals surface area contributed by atoms with Gasteiger partial charge in [-0.15, -0.1) is 0 Å². The number of esters is 1. The quantitative estimate of drug-likeness (QED) is 0.634. The highest BCUT2D eigenvalue weighted by atomic mass is 16.5. The lowest BCUT2D eigenvalue weighted by Crippen LogP contribution is -2.03. The molecule has 1 rings (SSSR count). The first kappa shape index (κ1) is 10.3. The highest BCUT2D eigenvalue weighted by Crippen LogP contribution is 2.16. The molecule has 0 fully saturated rings. The van der Waals surface area contributed by atoms with Crippen LogP contribution < -0.4 is 0 Å². The molecule has 0 N–H and O–H groups in total. The summed E-state index contributed by atoms with van der Waals surface area (Å²) in [5.74, 6) is -0.412. The van der Waals surface area contributed by atoms with Crippen molar-refractivity contribution in [1.82, 2.24) is 0 Å². The number of carbonyl (C=O) groups excluding carboxylic acids is 1. The van der Waals surface area contributed by atoms with Gasteiger partial charge in [-0.1, -0.05) is 0 Å². The van der Waals surface area contributed by atoms with E-state index in [-0.39, 0.29) is 0 Å². The summed E-state index contributed by atoms with van der Waals surface area (Å²) in [5.41, 5.74) is 2.77. The number of aryl methyl sites for hydroxylation is 1. The Labute approximate surface area is 82.9 Å². The zero-order valence-electron chi connectivity index (χ0n) is 8.42. The second kappa shape index (κ2) is 3.93. The Bertz CT molecular complexity index is 416. The number of carbonyl (C=O) groups is 1. The van der Waals surface area contributed by atoms with Gasteiger partial charge in [-0.2, -0.15) is 5.26 Å². The van der Waals surface area contributed by atoms with Gasteiger partial charge in [0.1, 0.15) is 0 Å². The molecular weight excluding hydrogens is 178 g/mol. The fourth-order valence-electron chi connectivity index (χ4n) is 1.21. The van der Waals surface area contributed by atoms with Crippen LogP contribution in [-0.2, 0) is 4.74 Å². The lowest BCUT2D eigenvalue weighted by atomic mass is 10.0. The van der Waals surface area contributed by atoms with Crippen molar-refractivity contribution in [2.45, 2.75) is 13.8 Å². The van der Waals surface area contributed by atoms with Crippen molar-refractivity contribution in [3.8, 4) is 6.07 Å². The third kappa shape index (κ3) is 1.74. The lowest BCUT2D eigenvalue weighted by molar-refractivity contribution is 0.0600. The molecule has 0 aliphatic rings. The molecular formula is C11H11NO2. The zero-order chi connectivity index (χ0) is 10.7. The van der Waals surface area contributed by atoms with Crippen LogP contribution in [0.25, 0.3) is 0 Å². The maximum atomic E-state index is 11.2. The van der Waals surface area contributed by atoms with Gasteiger partial charge in [-0.05, 0) is 37.1 Å². The number of hydrogen-bond donors (Lipinski definition) is 0. The third-order valence-electron chi connectivity index (χ3n) is 2.21. The maximum Gasteiger partial charge on any atom is 0.337 e. The van der Waals surface area contributed by atoms with Crippen LogP contribution in [0, 0.1) is 25.2 Å². The minimum Gasteiger partial charge on any atom is -0.465 e. The van der Waals surface area contributed by atoms with Crippen LogP contribution in [0.1, 0.15) is 27.0 Å². The van der Waals surface area contributed by atoms with E-state index in [4.69, 9.17) is 5.26 Å². The predicted molar refractivity (Wildman–Crippen MR) is 52.0 cm³/mol. The molecule has 1 aromatic rings. The molecule has 0 saturated carbocycles. The fourth-order valence-corrected chi connectivity index (χ4v) is 1.21. The van der Waals surface area contributed by atoms with E-state index in [9.17, 15) is 4.79 Å². The topological polar surface area (TPSA) is 50.1 Å². The molecule has 0 amide bonds. The summed E-state index contributed by atoms with van der Waals surface area (Å²) in [6, 6.07) is 5.32. The Morgan fingerprint density at radius 3 is 2.57 bits per heavy atom. The van der Waals surface area contributed by atoms with Crippen LogP contribution in [-0.4, -0.2) is 13.1 Å². The summed E-state index contributed by atoms with van der Waals surface area (Å²) in [6.45, 7) is 3.72. The Hall–Kier alpha value is -1.82. The molecule has 0 aromatic heterocycles. The van der Waals surface area contributed by atoms with Crippen molar-refractivity contribution in [2.75, 3.05) is 7.11 Å². The molecule has 0 unspecified atom stereocenters. The highest BCUT2D eigenvalue weighted by Gasteiger charge is 2.09. The summed E-state index contributed by atoms with van der Waals surface area (Å²) >= 11 is 0. The first-order chi connectivity index (χ1) is 6.60. The summed E-state index contributed by atoms with van der Waals surface area (Å²) < 4.78 is 4.58. The Balaban J connectivity index is 3.32. The second-order valence-electron chi connectivity index (χ2n) is 3.07. The van der Waals surface area contributed by atoms with Crippen molar-refractivity contribution in [3.63, 3.8) is 0 Å². The molecule has 3 nitrogen and oxygen atoms in total. The van der Waals surface area contributed by atoms with Crippen molar-refractivity contribution >= 4 is 5.97 Å². The largest absolute Gasteiger partial charge is 0.465 e. The van der Waals surface area contributed by atoms with Gasteiger partial charge in [-0.25, -0.2) is 4.79 Å². The first-order valence-electron chi connectivity index (χ1n) is 4.19. The molecule has 14 heavy (non-hydrogen) atoms. The van der Waals surface area contributed by atoms with E-state index in [1.54, 1.807) is 12.1 Å². The molecule has 72 valence electrons. The van der Waals surface area contributed by atoms with Crippen LogP contribution in [0.4, 0.5) is 0 Å². The normalized spacial score (nSPS) is 9.29. The molecule has 0 radical (unpaired) electrons. The van der Waals surface area contributed by atoms with Crippen LogP contribution in [0.5, 0.6) is 0 Å². The van der Waals surface area contributed by atoms with E-state index in [2.05, 4.69) is 4.74 Å². The average molecular weight is 189 g/mol.